The van der Waals surface area contributed by atoms with Crippen LogP contribution in [0.4, 0.5) is 27.6 Å². The number of nitrogens with zero attached hydrogens (tertiary/aromatic N) is 1. The van der Waals surface area contributed by atoms with Gasteiger partial charge in [0.2, 0.25) is 0 Å². The molecule has 0 fully saturated rings. The Hall–Kier alpha value is -3.00. The van der Waals surface area contributed by atoms with E-state index < -0.39 is 34.8 Å². The molecule has 29 heavy (non-hydrogen) atoms. The number of amides is 1. The molecule has 0 atom stereocenters. The monoisotopic (exact) mass is 426 g/mol. The van der Waals surface area contributed by atoms with Crippen molar-refractivity contribution < 1.29 is 26.7 Å². The van der Waals surface area contributed by atoms with Gasteiger partial charge in [-0.3, -0.25) is 9.78 Å². The van der Waals surface area contributed by atoms with Crippen LogP contribution in [0.5, 0.6) is 0 Å². The minimum atomic E-state index is -4.60. The number of para-hydroxylation sites is 1. The van der Waals surface area contributed by atoms with Crippen molar-refractivity contribution in [1.82, 2.24) is 4.98 Å². The molecule has 2 aromatic carbocycles. The van der Waals surface area contributed by atoms with Gasteiger partial charge in [0, 0.05) is 17.4 Å². The molecule has 0 aliphatic rings. The minimum Gasteiger partial charge on any atom is -0.321 e. The average Bonchev–Trinajstić information content (AvgIpc) is 2.67. The summed E-state index contributed by atoms with van der Waals surface area (Å²) in [6.45, 7) is 0. The van der Waals surface area contributed by atoms with Crippen LogP contribution in [-0.2, 0) is 6.18 Å². The quantitative estimate of drug-likeness (QED) is 0.477. The second kappa shape index (κ2) is 8.16. The number of hydrogen-bond donors (Lipinski definition) is 1. The Morgan fingerprint density at radius 2 is 1.76 bits per heavy atom. The van der Waals surface area contributed by atoms with E-state index in [4.69, 9.17) is 11.6 Å². The molecule has 1 N–H and O–H groups in total. The molecule has 0 radical (unpaired) electrons. The third kappa shape index (κ3) is 4.54. The van der Waals surface area contributed by atoms with Gasteiger partial charge < -0.3 is 5.32 Å². The van der Waals surface area contributed by atoms with E-state index in [0.717, 1.165) is 18.3 Å². The van der Waals surface area contributed by atoms with E-state index in [1.165, 1.54) is 24.3 Å². The number of aromatic nitrogens is 1. The van der Waals surface area contributed by atoms with Crippen molar-refractivity contribution in [3.05, 3.63) is 82.6 Å². The van der Waals surface area contributed by atoms with Crippen LogP contribution in [0.2, 0.25) is 5.02 Å². The number of carbonyl (C=O) groups excluding carboxylic acids is 1. The molecule has 0 unspecified atom stereocenters. The summed E-state index contributed by atoms with van der Waals surface area (Å²) in [4.78, 5) is 16.0. The fraction of sp³-hybridized carbons (Fsp3) is 0.100. The standard InChI is InChI=1S/C20H12ClF5N2O/c21-15-10-11(7-8-14(15)20(24,25)26)12-4-1-2-6-16(12)28-19(29)13-5-3-9-27-17(13)18(22)23/h1-10,18H,(H,28,29). The molecule has 1 aromatic heterocycles. The van der Waals surface area contributed by atoms with E-state index in [-0.39, 0.29) is 11.3 Å². The van der Waals surface area contributed by atoms with Crippen molar-refractivity contribution >= 4 is 23.2 Å². The summed E-state index contributed by atoms with van der Waals surface area (Å²) in [6.07, 6.45) is -6.40. The van der Waals surface area contributed by atoms with E-state index in [0.29, 0.717) is 11.1 Å². The minimum absolute atomic E-state index is 0.220. The zero-order valence-corrected chi connectivity index (χ0v) is 15.2. The van der Waals surface area contributed by atoms with E-state index in [1.54, 1.807) is 18.2 Å². The highest BCUT2D eigenvalue weighted by molar-refractivity contribution is 6.31. The molecule has 0 aliphatic heterocycles. The lowest BCUT2D eigenvalue weighted by Crippen LogP contribution is -2.16. The zero-order valence-electron chi connectivity index (χ0n) is 14.5. The molecular formula is C20H12ClF5N2O. The van der Waals surface area contributed by atoms with Crippen molar-refractivity contribution in [1.29, 1.82) is 0 Å². The third-order valence-corrected chi connectivity index (χ3v) is 4.36. The van der Waals surface area contributed by atoms with E-state index in [1.807, 2.05) is 0 Å². The van der Waals surface area contributed by atoms with Crippen molar-refractivity contribution in [2.45, 2.75) is 12.6 Å². The summed E-state index contributed by atoms with van der Waals surface area (Å²) in [5.74, 6) is -0.821. The van der Waals surface area contributed by atoms with Crippen LogP contribution in [0, 0.1) is 0 Å². The maximum absolute atomic E-state index is 13.1. The second-order valence-corrected chi connectivity index (χ2v) is 6.34. The second-order valence-electron chi connectivity index (χ2n) is 5.93. The highest BCUT2D eigenvalue weighted by Gasteiger charge is 2.33. The summed E-state index contributed by atoms with van der Waals surface area (Å²) >= 11 is 5.77. The van der Waals surface area contributed by atoms with Gasteiger partial charge in [-0.15, -0.1) is 0 Å². The van der Waals surface area contributed by atoms with Crippen LogP contribution >= 0.6 is 11.6 Å². The zero-order chi connectivity index (χ0) is 21.2. The summed E-state index contributed by atoms with van der Waals surface area (Å²) in [6, 6.07) is 12.0. The first-order valence-electron chi connectivity index (χ1n) is 8.19. The molecule has 3 nitrogen and oxygen atoms in total. The smallest absolute Gasteiger partial charge is 0.321 e. The normalized spacial score (nSPS) is 11.6. The molecule has 0 aliphatic carbocycles. The number of nitrogens with one attached hydrogen (secondary N) is 1. The molecular weight excluding hydrogens is 415 g/mol. The lowest BCUT2D eigenvalue weighted by Gasteiger charge is -2.14. The Kier molecular flexibility index (Phi) is 5.83. The lowest BCUT2D eigenvalue weighted by atomic mass is 10.0. The molecule has 0 bridgehead atoms. The van der Waals surface area contributed by atoms with Gasteiger partial charge in [0.05, 0.1) is 16.1 Å². The maximum atomic E-state index is 13.1. The molecule has 0 spiro atoms. The summed E-state index contributed by atoms with van der Waals surface area (Å²) in [7, 11) is 0. The van der Waals surface area contributed by atoms with Gasteiger partial charge in [-0.1, -0.05) is 35.9 Å². The highest BCUT2D eigenvalue weighted by Crippen LogP contribution is 2.38. The van der Waals surface area contributed by atoms with Crippen LogP contribution in [0.1, 0.15) is 28.0 Å². The SMILES string of the molecule is O=C(Nc1ccccc1-c1ccc(C(F)(F)F)c(Cl)c1)c1cccnc1C(F)F. The molecule has 3 aromatic rings. The number of alkyl halides is 5. The van der Waals surface area contributed by atoms with Crippen LogP contribution in [-0.4, -0.2) is 10.9 Å². The van der Waals surface area contributed by atoms with Crippen molar-refractivity contribution in [3.8, 4) is 11.1 Å². The lowest BCUT2D eigenvalue weighted by molar-refractivity contribution is -0.137. The first-order valence-corrected chi connectivity index (χ1v) is 8.57. The molecule has 150 valence electrons. The number of halogens is 6. The summed E-state index contributed by atoms with van der Waals surface area (Å²) in [5.41, 5.74) is -1.04. The predicted octanol–water partition coefficient (Wildman–Crippen LogP) is 6.61. The summed E-state index contributed by atoms with van der Waals surface area (Å²) in [5, 5.41) is 2.01. The van der Waals surface area contributed by atoms with Crippen molar-refractivity contribution in [2.75, 3.05) is 5.32 Å². The Morgan fingerprint density at radius 3 is 2.41 bits per heavy atom. The van der Waals surface area contributed by atoms with Gasteiger partial charge in [-0.05, 0) is 35.9 Å². The Bertz CT molecular complexity index is 1050. The number of anilines is 1. The molecule has 1 amide bonds. The Morgan fingerprint density at radius 1 is 1.03 bits per heavy atom. The number of benzene rings is 2. The fourth-order valence-corrected chi connectivity index (χ4v) is 3.02. The largest absolute Gasteiger partial charge is 0.417 e. The fourth-order valence-electron chi connectivity index (χ4n) is 2.73. The van der Waals surface area contributed by atoms with Crippen LogP contribution in [0.25, 0.3) is 11.1 Å². The van der Waals surface area contributed by atoms with E-state index in [2.05, 4.69) is 10.3 Å². The Labute approximate surface area is 167 Å². The molecule has 1 heterocycles. The van der Waals surface area contributed by atoms with E-state index >= 15 is 0 Å². The predicted molar refractivity (Wildman–Crippen MR) is 99.0 cm³/mol. The van der Waals surface area contributed by atoms with Gasteiger partial charge in [0.15, 0.2) is 0 Å². The van der Waals surface area contributed by atoms with Crippen LogP contribution in [0.15, 0.2) is 60.8 Å². The van der Waals surface area contributed by atoms with Gasteiger partial charge in [-0.25, -0.2) is 8.78 Å². The first-order chi connectivity index (χ1) is 13.7. The first kappa shape index (κ1) is 20.7. The molecule has 0 saturated heterocycles. The number of carbonyl (C=O) groups is 1. The van der Waals surface area contributed by atoms with Gasteiger partial charge in [-0.2, -0.15) is 13.2 Å². The Balaban J connectivity index is 1.97. The van der Waals surface area contributed by atoms with Crippen molar-refractivity contribution in [3.63, 3.8) is 0 Å². The van der Waals surface area contributed by atoms with E-state index in [9.17, 15) is 26.7 Å². The molecule has 3 rings (SSSR count). The highest BCUT2D eigenvalue weighted by atomic mass is 35.5. The maximum Gasteiger partial charge on any atom is 0.417 e. The molecule has 9 heteroatoms. The molecule has 0 saturated carbocycles. The van der Waals surface area contributed by atoms with Gasteiger partial charge in [0.25, 0.3) is 12.3 Å². The van der Waals surface area contributed by atoms with Crippen LogP contribution < -0.4 is 5.32 Å². The number of rotatable bonds is 4. The van der Waals surface area contributed by atoms with Crippen LogP contribution in [0.3, 0.4) is 0 Å². The topological polar surface area (TPSA) is 42.0 Å². The van der Waals surface area contributed by atoms with Gasteiger partial charge >= 0.3 is 6.18 Å². The summed E-state index contributed by atoms with van der Waals surface area (Å²) < 4.78 is 64.9. The number of hydrogen-bond acceptors (Lipinski definition) is 2. The van der Waals surface area contributed by atoms with Gasteiger partial charge in [0.1, 0.15) is 5.69 Å². The van der Waals surface area contributed by atoms with Crippen molar-refractivity contribution in [2.24, 2.45) is 0 Å². The average molecular weight is 427 g/mol. The third-order valence-electron chi connectivity index (χ3n) is 4.05. The number of pyridine rings is 1.